The zero-order valence-corrected chi connectivity index (χ0v) is 18.1. The Morgan fingerprint density at radius 1 is 1.16 bits per heavy atom. The summed E-state index contributed by atoms with van der Waals surface area (Å²) in [5.41, 5.74) is 1.47. The number of rotatable bonds is 3. The molecule has 1 aliphatic heterocycles. The monoisotopic (exact) mass is 457 g/mol. The summed E-state index contributed by atoms with van der Waals surface area (Å²) in [7, 11) is 0. The number of hydrogen-bond acceptors (Lipinski definition) is 4. The molecular weight excluding hydrogens is 437 g/mol. The number of amides is 1. The van der Waals surface area contributed by atoms with Gasteiger partial charge in [0, 0.05) is 33.0 Å². The van der Waals surface area contributed by atoms with Gasteiger partial charge < -0.3 is 15.2 Å². The molecule has 2 aromatic carbocycles. The molecule has 3 saturated carbocycles. The number of carbonyl (C=O) groups excluding carboxylic acids is 1. The van der Waals surface area contributed by atoms with Crippen molar-refractivity contribution in [2.24, 2.45) is 5.92 Å². The van der Waals surface area contributed by atoms with E-state index in [0.29, 0.717) is 27.3 Å². The summed E-state index contributed by atoms with van der Waals surface area (Å²) in [4.78, 5) is 13.0. The first kappa shape index (κ1) is 19.4. The standard InChI is InChI=1S/C23H21Cl2N3O3/c24-14-1-3-17-12(5-14)11-26-28(17)18-10-23(8-13(18)9-23)27-22(30)21-7-19(29)16-6-15(25)2-4-20(16)31-21/h1-6,11,13,18-19,21,29H,7-10H2,(H,27,30)/t13?,18?,19-,21-,23?/m1/s1. The van der Waals surface area contributed by atoms with Crippen molar-refractivity contribution in [2.75, 3.05) is 0 Å². The van der Waals surface area contributed by atoms with Crippen molar-refractivity contribution in [1.29, 1.82) is 0 Å². The number of nitrogens with zero attached hydrogens (tertiary/aromatic N) is 2. The van der Waals surface area contributed by atoms with Crippen molar-refractivity contribution in [1.82, 2.24) is 15.1 Å². The zero-order chi connectivity index (χ0) is 21.3. The van der Waals surface area contributed by atoms with Crippen LogP contribution in [0.3, 0.4) is 0 Å². The van der Waals surface area contributed by atoms with Crippen molar-refractivity contribution in [3.8, 4) is 5.75 Å². The highest BCUT2D eigenvalue weighted by Crippen LogP contribution is 2.58. The molecule has 1 aromatic heterocycles. The van der Waals surface area contributed by atoms with Gasteiger partial charge in [-0.05, 0) is 61.6 Å². The number of halogens is 2. The number of benzene rings is 2. The van der Waals surface area contributed by atoms with Crippen molar-refractivity contribution in [3.05, 3.63) is 58.2 Å². The first-order chi connectivity index (χ1) is 14.9. The highest BCUT2D eigenvalue weighted by atomic mass is 35.5. The number of nitrogens with one attached hydrogen (secondary N) is 1. The molecular formula is C23H21Cl2N3O3. The molecule has 2 N–H and O–H groups in total. The van der Waals surface area contributed by atoms with Crippen LogP contribution in [0.15, 0.2) is 42.6 Å². The quantitative estimate of drug-likeness (QED) is 0.609. The fourth-order valence-corrected chi connectivity index (χ4v) is 5.96. The van der Waals surface area contributed by atoms with E-state index in [1.807, 2.05) is 24.4 Å². The Morgan fingerprint density at radius 3 is 2.77 bits per heavy atom. The third kappa shape index (κ3) is 3.12. The molecule has 3 fully saturated rings. The number of aromatic nitrogens is 2. The van der Waals surface area contributed by atoms with Gasteiger partial charge in [0.25, 0.3) is 5.91 Å². The summed E-state index contributed by atoms with van der Waals surface area (Å²) in [6.07, 6.45) is 3.27. The van der Waals surface area contributed by atoms with E-state index in [9.17, 15) is 9.90 Å². The van der Waals surface area contributed by atoms with Crippen LogP contribution in [0.25, 0.3) is 10.9 Å². The van der Waals surface area contributed by atoms with E-state index in [4.69, 9.17) is 27.9 Å². The van der Waals surface area contributed by atoms with Gasteiger partial charge in [0.05, 0.1) is 23.9 Å². The maximum atomic E-state index is 13.0. The van der Waals surface area contributed by atoms with Crippen LogP contribution < -0.4 is 10.1 Å². The predicted molar refractivity (Wildman–Crippen MR) is 117 cm³/mol. The Kier molecular flexibility index (Phi) is 4.29. The van der Waals surface area contributed by atoms with Crippen molar-refractivity contribution >= 4 is 40.0 Å². The second kappa shape index (κ2) is 6.86. The summed E-state index contributed by atoms with van der Waals surface area (Å²) >= 11 is 12.1. The van der Waals surface area contributed by atoms with Crippen molar-refractivity contribution in [2.45, 2.75) is 49.5 Å². The second-order valence-electron chi connectivity index (χ2n) is 9.04. The van der Waals surface area contributed by atoms with Gasteiger partial charge in [-0.15, -0.1) is 0 Å². The molecule has 0 spiro atoms. The molecule has 8 heteroatoms. The zero-order valence-electron chi connectivity index (χ0n) is 16.6. The number of ether oxygens (including phenoxy) is 1. The summed E-state index contributed by atoms with van der Waals surface area (Å²) in [5, 5.41) is 20.6. The summed E-state index contributed by atoms with van der Waals surface area (Å²) in [6.45, 7) is 0. The minimum Gasteiger partial charge on any atom is -0.480 e. The number of fused-ring (bicyclic) bond motifs is 3. The van der Waals surface area contributed by atoms with Crippen LogP contribution >= 0.6 is 23.2 Å². The van der Waals surface area contributed by atoms with Gasteiger partial charge in [-0.1, -0.05) is 23.2 Å². The molecule has 2 bridgehead atoms. The minimum absolute atomic E-state index is 0.171. The molecule has 3 aliphatic carbocycles. The Labute approximate surface area is 189 Å². The van der Waals surface area contributed by atoms with Gasteiger partial charge in [-0.2, -0.15) is 5.10 Å². The average molecular weight is 458 g/mol. The van der Waals surface area contributed by atoms with Crippen LogP contribution in [-0.2, 0) is 4.79 Å². The first-order valence-corrected chi connectivity index (χ1v) is 11.3. The number of carbonyl (C=O) groups is 1. The third-order valence-corrected chi connectivity index (χ3v) is 7.51. The number of hydrogen-bond donors (Lipinski definition) is 2. The molecule has 0 saturated heterocycles. The van der Waals surface area contributed by atoms with E-state index in [0.717, 1.165) is 30.2 Å². The Balaban J connectivity index is 1.18. The molecule has 4 aliphatic rings. The highest BCUT2D eigenvalue weighted by Gasteiger charge is 2.58. The molecule has 31 heavy (non-hydrogen) atoms. The van der Waals surface area contributed by atoms with Gasteiger partial charge >= 0.3 is 0 Å². The van der Waals surface area contributed by atoms with E-state index in [-0.39, 0.29) is 23.9 Å². The van der Waals surface area contributed by atoms with Crippen LogP contribution in [0.5, 0.6) is 5.75 Å². The van der Waals surface area contributed by atoms with Crippen molar-refractivity contribution < 1.29 is 14.6 Å². The molecule has 7 rings (SSSR count). The Morgan fingerprint density at radius 2 is 1.94 bits per heavy atom. The first-order valence-electron chi connectivity index (χ1n) is 10.5. The van der Waals surface area contributed by atoms with Crippen LogP contribution in [0.1, 0.15) is 43.4 Å². The van der Waals surface area contributed by atoms with E-state index in [2.05, 4.69) is 15.1 Å². The van der Waals surface area contributed by atoms with Crippen LogP contribution in [0, 0.1) is 5.92 Å². The highest BCUT2D eigenvalue weighted by molar-refractivity contribution is 6.31. The van der Waals surface area contributed by atoms with Crippen LogP contribution in [0.4, 0.5) is 0 Å². The average Bonchev–Trinajstić information content (AvgIpc) is 3.38. The van der Waals surface area contributed by atoms with Gasteiger partial charge in [0.2, 0.25) is 0 Å². The summed E-state index contributed by atoms with van der Waals surface area (Å²) < 4.78 is 7.98. The lowest BCUT2D eigenvalue weighted by Crippen LogP contribution is -2.56. The third-order valence-electron chi connectivity index (χ3n) is 7.04. The number of aliphatic hydroxyl groups is 1. The largest absolute Gasteiger partial charge is 0.480 e. The molecule has 160 valence electrons. The molecule has 2 heterocycles. The molecule has 6 nitrogen and oxygen atoms in total. The van der Waals surface area contributed by atoms with Crippen molar-refractivity contribution in [3.63, 3.8) is 0 Å². The lowest BCUT2D eigenvalue weighted by molar-refractivity contribution is -0.133. The van der Waals surface area contributed by atoms with Gasteiger partial charge in [-0.3, -0.25) is 9.48 Å². The number of aliphatic hydroxyl groups excluding tert-OH is 1. The molecule has 1 amide bonds. The van der Waals surface area contributed by atoms with Gasteiger partial charge in [-0.25, -0.2) is 0 Å². The molecule has 3 atom stereocenters. The topological polar surface area (TPSA) is 76.4 Å². The SMILES string of the molecule is O=C(NC12CC(C1)C(n1ncc3cc(Cl)ccc31)C2)[C@H]1C[C@@H](O)c2cc(Cl)ccc2O1. The van der Waals surface area contributed by atoms with E-state index in [1.54, 1.807) is 18.2 Å². The summed E-state index contributed by atoms with van der Waals surface area (Å²) in [6, 6.07) is 11.2. The van der Waals surface area contributed by atoms with E-state index in [1.165, 1.54) is 0 Å². The molecule has 1 unspecified atom stereocenters. The van der Waals surface area contributed by atoms with E-state index >= 15 is 0 Å². The van der Waals surface area contributed by atoms with E-state index < -0.39 is 12.2 Å². The molecule has 3 aromatic rings. The fraction of sp³-hybridized carbons (Fsp3) is 0.391. The predicted octanol–water partition coefficient (Wildman–Crippen LogP) is 4.44. The maximum Gasteiger partial charge on any atom is 0.261 e. The fourth-order valence-electron chi connectivity index (χ4n) is 5.60. The second-order valence-corrected chi connectivity index (χ2v) is 9.91. The Hall–Kier alpha value is -2.28. The normalized spacial score (nSPS) is 31.1. The van der Waals surface area contributed by atoms with Gasteiger partial charge in [0.1, 0.15) is 5.75 Å². The maximum absolute atomic E-state index is 13.0. The lowest BCUT2D eigenvalue weighted by Gasteiger charge is -2.40. The van der Waals surface area contributed by atoms with Crippen LogP contribution in [-0.4, -0.2) is 32.4 Å². The minimum atomic E-state index is -0.775. The van der Waals surface area contributed by atoms with Crippen LogP contribution in [0.2, 0.25) is 10.0 Å². The summed E-state index contributed by atoms with van der Waals surface area (Å²) in [5.74, 6) is 0.828. The smallest absolute Gasteiger partial charge is 0.261 e. The molecule has 0 radical (unpaired) electrons. The Bertz CT molecular complexity index is 1200. The van der Waals surface area contributed by atoms with Gasteiger partial charge in [0.15, 0.2) is 6.10 Å². The lowest BCUT2D eigenvalue weighted by atomic mass is 9.76.